The third-order valence-corrected chi connectivity index (χ3v) is 5.86. The molecule has 5 nitrogen and oxygen atoms in total. The minimum atomic E-state index is -4.71. The van der Waals surface area contributed by atoms with Gasteiger partial charge in [-0.15, -0.1) is 0 Å². The Labute approximate surface area is 174 Å². The second-order valence-electron chi connectivity index (χ2n) is 8.10. The number of nitrogens with one attached hydrogen (secondary N) is 2. The molecule has 11 heteroatoms. The summed E-state index contributed by atoms with van der Waals surface area (Å²) in [6.45, 7) is 3.27. The van der Waals surface area contributed by atoms with E-state index in [0.29, 0.717) is 12.6 Å². The summed E-state index contributed by atoms with van der Waals surface area (Å²) in [6.07, 6.45) is -8.21. The average Bonchev–Trinajstić information content (AvgIpc) is 2.68. The number of nitrogens with zero attached hydrogens (tertiary/aromatic N) is 2. The molecule has 1 aliphatic rings. The maximum atomic E-state index is 13.4. The fourth-order valence-corrected chi connectivity index (χ4v) is 3.65. The first-order valence-electron chi connectivity index (χ1n) is 9.54. The van der Waals surface area contributed by atoms with E-state index in [2.05, 4.69) is 20.6 Å². The summed E-state index contributed by atoms with van der Waals surface area (Å²) >= 11 is 0. The number of rotatable bonds is 6. The van der Waals surface area contributed by atoms with Crippen molar-refractivity contribution in [3.8, 4) is 0 Å². The second kappa shape index (κ2) is 8.18. The summed E-state index contributed by atoms with van der Waals surface area (Å²) in [6, 6.07) is 4.52. The number of halogens is 6. The number of aliphatic hydroxyl groups excluding tert-OH is 1. The smallest absolute Gasteiger partial charge is 0.396 e. The standard InChI is InChI=1S/C20H22F6N4O/c1-18(2)12(10-31)7-15(18)29-16-14(20(24,25)26)9-28-17(30-16)27-8-11-5-3-4-6-13(11)19(21,22)23/h3-6,9,12,15,31H,7-8,10H2,1-2H3,(H2,27,28,29,30)/t12-,15+/m0/s1. The van der Waals surface area contributed by atoms with Crippen molar-refractivity contribution >= 4 is 11.8 Å². The Morgan fingerprint density at radius 3 is 2.29 bits per heavy atom. The fraction of sp³-hybridized carbons (Fsp3) is 0.500. The Bertz CT molecular complexity index is 929. The van der Waals surface area contributed by atoms with Crippen molar-refractivity contribution in [3.63, 3.8) is 0 Å². The van der Waals surface area contributed by atoms with Gasteiger partial charge in [0.15, 0.2) is 0 Å². The molecule has 0 amide bonds. The van der Waals surface area contributed by atoms with Crippen LogP contribution in [0.4, 0.5) is 38.1 Å². The molecule has 0 saturated heterocycles. The predicted octanol–water partition coefficient (Wildman–Crippen LogP) is 4.95. The van der Waals surface area contributed by atoms with E-state index in [9.17, 15) is 31.4 Å². The van der Waals surface area contributed by atoms with E-state index in [1.807, 2.05) is 13.8 Å². The first-order chi connectivity index (χ1) is 14.3. The first-order valence-corrected chi connectivity index (χ1v) is 9.54. The quantitative estimate of drug-likeness (QED) is 0.546. The zero-order valence-electron chi connectivity index (χ0n) is 16.8. The van der Waals surface area contributed by atoms with Gasteiger partial charge in [-0.3, -0.25) is 0 Å². The minimum absolute atomic E-state index is 0.0577. The first kappa shape index (κ1) is 23.1. The number of aromatic nitrogens is 2. The van der Waals surface area contributed by atoms with Gasteiger partial charge in [-0.1, -0.05) is 32.0 Å². The Balaban J connectivity index is 1.83. The molecule has 0 aliphatic heterocycles. The molecule has 0 unspecified atom stereocenters. The monoisotopic (exact) mass is 448 g/mol. The van der Waals surface area contributed by atoms with E-state index >= 15 is 0 Å². The number of benzene rings is 1. The lowest BCUT2D eigenvalue weighted by molar-refractivity contribution is -0.138. The number of anilines is 2. The molecule has 1 heterocycles. The van der Waals surface area contributed by atoms with Crippen LogP contribution in [-0.2, 0) is 18.9 Å². The van der Waals surface area contributed by atoms with Crippen LogP contribution in [0.1, 0.15) is 37.0 Å². The molecule has 1 aliphatic carbocycles. The van der Waals surface area contributed by atoms with Crippen molar-refractivity contribution in [1.82, 2.24) is 9.97 Å². The van der Waals surface area contributed by atoms with Crippen molar-refractivity contribution < 1.29 is 31.4 Å². The van der Waals surface area contributed by atoms with Gasteiger partial charge in [0.1, 0.15) is 11.4 Å². The zero-order chi connectivity index (χ0) is 23.0. The Morgan fingerprint density at radius 2 is 1.71 bits per heavy atom. The third-order valence-electron chi connectivity index (χ3n) is 5.86. The normalized spacial score (nSPS) is 20.8. The highest BCUT2D eigenvalue weighted by molar-refractivity contribution is 5.50. The molecule has 3 rings (SSSR count). The molecule has 1 fully saturated rings. The SMILES string of the molecule is CC1(C)[C@H](CO)C[C@H]1Nc1nc(NCc2ccccc2C(F)(F)F)ncc1C(F)(F)F. The molecule has 1 aromatic heterocycles. The number of hydrogen-bond donors (Lipinski definition) is 3. The molecule has 0 radical (unpaired) electrons. The second-order valence-corrected chi connectivity index (χ2v) is 8.10. The average molecular weight is 448 g/mol. The van der Waals surface area contributed by atoms with Crippen LogP contribution in [0.3, 0.4) is 0 Å². The largest absolute Gasteiger partial charge is 0.421 e. The van der Waals surface area contributed by atoms with Crippen LogP contribution in [0.5, 0.6) is 0 Å². The van der Waals surface area contributed by atoms with Crippen molar-refractivity contribution in [2.75, 3.05) is 17.2 Å². The van der Waals surface area contributed by atoms with Crippen LogP contribution in [0, 0.1) is 11.3 Å². The highest BCUT2D eigenvalue weighted by Crippen LogP contribution is 2.48. The summed E-state index contributed by atoms with van der Waals surface area (Å²) in [4.78, 5) is 7.52. The Morgan fingerprint density at radius 1 is 1.06 bits per heavy atom. The molecule has 2 atom stereocenters. The van der Waals surface area contributed by atoms with Crippen molar-refractivity contribution in [2.24, 2.45) is 11.3 Å². The third kappa shape index (κ3) is 4.86. The molecule has 31 heavy (non-hydrogen) atoms. The zero-order valence-corrected chi connectivity index (χ0v) is 16.8. The van der Waals surface area contributed by atoms with E-state index < -0.39 is 34.7 Å². The number of hydrogen-bond acceptors (Lipinski definition) is 5. The number of aliphatic hydroxyl groups is 1. The van der Waals surface area contributed by atoms with E-state index in [0.717, 1.165) is 6.07 Å². The molecular formula is C20H22F6N4O. The van der Waals surface area contributed by atoms with E-state index in [4.69, 9.17) is 0 Å². The highest BCUT2D eigenvalue weighted by Gasteiger charge is 2.48. The summed E-state index contributed by atoms with van der Waals surface area (Å²) in [5.74, 6) is -0.746. The van der Waals surface area contributed by atoms with Crippen LogP contribution >= 0.6 is 0 Å². The maximum absolute atomic E-state index is 13.4. The molecule has 0 bridgehead atoms. The van der Waals surface area contributed by atoms with Gasteiger partial charge in [0.25, 0.3) is 0 Å². The predicted molar refractivity (Wildman–Crippen MR) is 102 cm³/mol. The van der Waals surface area contributed by atoms with Gasteiger partial charge in [-0.25, -0.2) is 4.98 Å². The molecule has 2 aromatic rings. The van der Waals surface area contributed by atoms with Gasteiger partial charge in [-0.05, 0) is 29.4 Å². The van der Waals surface area contributed by atoms with Gasteiger partial charge >= 0.3 is 12.4 Å². The summed E-state index contributed by atoms with van der Waals surface area (Å²) < 4.78 is 79.7. The Kier molecular flexibility index (Phi) is 6.09. The summed E-state index contributed by atoms with van der Waals surface area (Å²) in [7, 11) is 0. The van der Waals surface area contributed by atoms with Crippen LogP contribution in [-0.4, -0.2) is 27.7 Å². The number of alkyl halides is 6. The van der Waals surface area contributed by atoms with Crippen molar-refractivity contribution in [3.05, 3.63) is 47.2 Å². The van der Waals surface area contributed by atoms with E-state index in [-0.39, 0.29) is 36.6 Å². The van der Waals surface area contributed by atoms with E-state index in [1.165, 1.54) is 18.2 Å². The van der Waals surface area contributed by atoms with Crippen LogP contribution in [0.25, 0.3) is 0 Å². The van der Waals surface area contributed by atoms with Gasteiger partial charge in [0.05, 0.1) is 5.56 Å². The summed E-state index contributed by atoms with van der Waals surface area (Å²) in [5, 5.41) is 14.7. The molecule has 1 saturated carbocycles. The molecule has 0 spiro atoms. The van der Waals surface area contributed by atoms with Gasteiger partial charge in [0.2, 0.25) is 5.95 Å². The van der Waals surface area contributed by atoms with E-state index in [1.54, 1.807) is 0 Å². The fourth-order valence-electron chi connectivity index (χ4n) is 3.65. The lowest BCUT2D eigenvalue weighted by Crippen LogP contribution is -2.55. The lowest BCUT2D eigenvalue weighted by atomic mass is 9.59. The van der Waals surface area contributed by atoms with Gasteiger partial charge < -0.3 is 15.7 Å². The van der Waals surface area contributed by atoms with Gasteiger partial charge in [-0.2, -0.15) is 31.3 Å². The van der Waals surface area contributed by atoms with Gasteiger partial charge in [0, 0.05) is 25.4 Å². The van der Waals surface area contributed by atoms with Crippen molar-refractivity contribution in [1.29, 1.82) is 0 Å². The lowest BCUT2D eigenvalue weighted by Gasteiger charge is -2.52. The minimum Gasteiger partial charge on any atom is -0.396 e. The highest BCUT2D eigenvalue weighted by atomic mass is 19.4. The maximum Gasteiger partial charge on any atom is 0.421 e. The molecular weight excluding hydrogens is 426 g/mol. The molecule has 1 aromatic carbocycles. The van der Waals surface area contributed by atoms with Crippen LogP contribution in [0.2, 0.25) is 0 Å². The molecule has 170 valence electrons. The molecule has 3 N–H and O–H groups in total. The Hall–Kier alpha value is -2.56. The topological polar surface area (TPSA) is 70.1 Å². The van der Waals surface area contributed by atoms with Crippen LogP contribution in [0.15, 0.2) is 30.5 Å². The summed E-state index contributed by atoms with van der Waals surface area (Å²) in [5.41, 5.74) is -2.46. The van der Waals surface area contributed by atoms with Crippen LogP contribution < -0.4 is 10.6 Å². The van der Waals surface area contributed by atoms with Crippen molar-refractivity contribution in [2.45, 2.75) is 45.2 Å².